The topological polar surface area (TPSA) is 93.3 Å². The van der Waals surface area contributed by atoms with E-state index in [9.17, 15) is 0 Å². The zero-order valence-corrected chi connectivity index (χ0v) is 9.31. The molecular formula is C9H13ClN4O2. The molecule has 2 atom stereocenters. The summed E-state index contributed by atoms with van der Waals surface area (Å²) in [4.78, 5) is 7.77. The number of rotatable bonds is 3. The highest BCUT2D eigenvalue weighted by Gasteiger charge is 2.25. The van der Waals surface area contributed by atoms with Gasteiger partial charge in [0, 0.05) is 0 Å². The molecule has 4 N–H and O–H groups in total. The second kappa shape index (κ2) is 4.82. The van der Waals surface area contributed by atoms with Gasteiger partial charge in [-0.3, -0.25) is 0 Å². The number of ether oxygens (including phenoxy) is 1. The third-order valence-corrected chi connectivity index (χ3v) is 2.76. The van der Waals surface area contributed by atoms with Crippen molar-refractivity contribution in [2.75, 3.05) is 24.3 Å². The third-order valence-electron chi connectivity index (χ3n) is 2.46. The highest BCUT2D eigenvalue weighted by atomic mass is 35.5. The van der Waals surface area contributed by atoms with E-state index in [1.807, 2.05) is 0 Å². The van der Waals surface area contributed by atoms with Crippen molar-refractivity contribution in [3.05, 3.63) is 11.5 Å². The molecule has 1 saturated heterocycles. The average Bonchev–Trinajstić information content (AvgIpc) is 2.73. The normalized spacial score (nSPS) is 24.6. The number of hydrogen-bond donors (Lipinski definition) is 3. The Kier molecular flexibility index (Phi) is 3.42. The number of nitrogens with two attached hydrogens (primary N) is 1. The van der Waals surface area contributed by atoms with E-state index in [2.05, 4.69) is 15.3 Å². The van der Waals surface area contributed by atoms with Crippen molar-refractivity contribution in [3.8, 4) is 0 Å². The van der Waals surface area contributed by atoms with Gasteiger partial charge in [-0.15, -0.1) is 0 Å². The zero-order chi connectivity index (χ0) is 11.5. The van der Waals surface area contributed by atoms with Crippen LogP contribution >= 0.6 is 11.6 Å². The van der Waals surface area contributed by atoms with Crippen LogP contribution < -0.4 is 11.1 Å². The van der Waals surface area contributed by atoms with Crippen LogP contribution in [-0.2, 0) is 4.74 Å². The molecule has 16 heavy (non-hydrogen) atoms. The molecule has 1 aliphatic rings. The predicted molar refractivity (Wildman–Crippen MR) is 60.3 cm³/mol. The standard InChI is InChI=1S/C9H13ClN4O2/c10-8-7(11)9(13-4-12-8)14-5-1-6(2-15)16-3-5/h4-6,15H,1-3,11H2,(H,12,13,14)/t5-,6-/m1/s1. The molecule has 1 aliphatic heterocycles. The molecule has 2 rings (SSSR count). The number of anilines is 2. The minimum absolute atomic E-state index is 0.0260. The number of aliphatic hydroxyl groups excluding tert-OH is 1. The molecule has 0 radical (unpaired) electrons. The minimum atomic E-state index is -0.115. The van der Waals surface area contributed by atoms with Gasteiger partial charge < -0.3 is 20.9 Å². The number of aromatic nitrogens is 2. The zero-order valence-electron chi connectivity index (χ0n) is 8.56. The van der Waals surface area contributed by atoms with Gasteiger partial charge in [-0.25, -0.2) is 9.97 Å². The maximum atomic E-state index is 8.92. The number of nitrogen functional groups attached to an aromatic ring is 1. The van der Waals surface area contributed by atoms with Crippen LogP contribution in [0.1, 0.15) is 6.42 Å². The lowest BCUT2D eigenvalue weighted by molar-refractivity contribution is 0.0588. The fraction of sp³-hybridized carbons (Fsp3) is 0.556. The number of aliphatic hydroxyl groups is 1. The first kappa shape index (κ1) is 11.4. The van der Waals surface area contributed by atoms with Crippen molar-refractivity contribution in [1.82, 2.24) is 9.97 Å². The molecule has 7 heteroatoms. The van der Waals surface area contributed by atoms with Crippen LogP contribution in [0.4, 0.5) is 11.5 Å². The molecule has 0 aliphatic carbocycles. The van der Waals surface area contributed by atoms with Crippen LogP contribution in [-0.4, -0.2) is 40.4 Å². The molecule has 6 nitrogen and oxygen atoms in total. The first-order valence-electron chi connectivity index (χ1n) is 4.95. The van der Waals surface area contributed by atoms with Crippen LogP contribution in [0.5, 0.6) is 0 Å². The lowest BCUT2D eigenvalue weighted by Gasteiger charge is -2.13. The molecule has 0 unspecified atom stereocenters. The molecular weight excluding hydrogens is 232 g/mol. The van der Waals surface area contributed by atoms with Crippen molar-refractivity contribution < 1.29 is 9.84 Å². The van der Waals surface area contributed by atoms with E-state index in [-0.39, 0.29) is 23.9 Å². The van der Waals surface area contributed by atoms with Crippen molar-refractivity contribution >= 4 is 23.1 Å². The number of halogens is 1. The Morgan fingerprint density at radius 3 is 3.12 bits per heavy atom. The summed E-state index contributed by atoms with van der Waals surface area (Å²) in [5, 5.41) is 12.3. The van der Waals surface area contributed by atoms with Crippen LogP contribution in [0.2, 0.25) is 5.15 Å². The third kappa shape index (κ3) is 2.34. The fourth-order valence-electron chi connectivity index (χ4n) is 1.62. The fourth-order valence-corrected chi connectivity index (χ4v) is 1.75. The minimum Gasteiger partial charge on any atom is -0.394 e. The van der Waals surface area contributed by atoms with Crippen LogP contribution in [0, 0.1) is 0 Å². The van der Waals surface area contributed by atoms with Crippen molar-refractivity contribution in [1.29, 1.82) is 0 Å². The van der Waals surface area contributed by atoms with Crippen molar-refractivity contribution in [3.63, 3.8) is 0 Å². The molecule has 0 spiro atoms. The Bertz CT molecular complexity index is 377. The van der Waals surface area contributed by atoms with Crippen molar-refractivity contribution in [2.45, 2.75) is 18.6 Å². The second-order valence-electron chi connectivity index (χ2n) is 3.64. The smallest absolute Gasteiger partial charge is 0.157 e. The number of nitrogens with zero attached hydrogens (tertiary/aromatic N) is 2. The van der Waals surface area contributed by atoms with Gasteiger partial charge in [-0.1, -0.05) is 11.6 Å². The summed E-state index contributed by atoms with van der Waals surface area (Å²) < 4.78 is 5.33. The van der Waals surface area contributed by atoms with Gasteiger partial charge in [0.05, 0.1) is 25.4 Å². The van der Waals surface area contributed by atoms with E-state index in [1.165, 1.54) is 6.33 Å². The van der Waals surface area contributed by atoms with Gasteiger partial charge in [0.15, 0.2) is 11.0 Å². The van der Waals surface area contributed by atoms with E-state index < -0.39 is 0 Å². The Labute approximate surface area is 97.8 Å². The van der Waals surface area contributed by atoms with Crippen LogP contribution in [0.15, 0.2) is 6.33 Å². The first-order valence-corrected chi connectivity index (χ1v) is 5.33. The molecule has 0 saturated carbocycles. The summed E-state index contributed by atoms with van der Waals surface area (Å²) in [6, 6.07) is 0.0883. The molecule has 1 aromatic heterocycles. The molecule has 0 aromatic carbocycles. The van der Waals surface area contributed by atoms with Gasteiger partial charge in [0.1, 0.15) is 12.0 Å². The van der Waals surface area contributed by atoms with Gasteiger partial charge in [-0.05, 0) is 6.42 Å². The average molecular weight is 245 g/mol. The van der Waals surface area contributed by atoms with Crippen molar-refractivity contribution in [2.24, 2.45) is 0 Å². The van der Waals surface area contributed by atoms with Crippen LogP contribution in [0.25, 0.3) is 0 Å². The molecule has 88 valence electrons. The number of hydrogen-bond acceptors (Lipinski definition) is 6. The lowest BCUT2D eigenvalue weighted by Crippen LogP contribution is -2.21. The summed E-state index contributed by atoms with van der Waals surface area (Å²) >= 11 is 5.77. The van der Waals surface area contributed by atoms with E-state index in [4.69, 9.17) is 27.2 Å². The van der Waals surface area contributed by atoms with E-state index in [1.54, 1.807) is 0 Å². The Hall–Kier alpha value is -1.11. The lowest BCUT2D eigenvalue weighted by atomic mass is 10.2. The molecule has 0 amide bonds. The molecule has 0 bridgehead atoms. The highest BCUT2D eigenvalue weighted by molar-refractivity contribution is 6.32. The van der Waals surface area contributed by atoms with Gasteiger partial charge in [-0.2, -0.15) is 0 Å². The van der Waals surface area contributed by atoms with Gasteiger partial charge in [0.25, 0.3) is 0 Å². The van der Waals surface area contributed by atoms with E-state index >= 15 is 0 Å². The van der Waals surface area contributed by atoms with E-state index in [0.29, 0.717) is 18.1 Å². The highest BCUT2D eigenvalue weighted by Crippen LogP contribution is 2.24. The Balaban J connectivity index is 2.02. The molecule has 2 heterocycles. The van der Waals surface area contributed by atoms with E-state index in [0.717, 1.165) is 6.42 Å². The first-order chi connectivity index (χ1) is 7.70. The SMILES string of the molecule is Nc1c(Cl)ncnc1N[C@H]1CO[C@@H](CO)C1. The summed E-state index contributed by atoms with van der Waals surface area (Å²) in [6.07, 6.45) is 1.95. The molecule has 1 fully saturated rings. The van der Waals surface area contributed by atoms with Crippen LogP contribution in [0.3, 0.4) is 0 Å². The quantitative estimate of drug-likeness (QED) is 0.661. The monoisotopic (exact) mass is 244 g/mol. The van der Waals surface area contributed by atoms with Gasteiger partial charge >= 0.3 is 0 Å². The summed E-state index contributed by atoms with van der Waals surface area (Å²) in [6.45, 7) is 0.546. The summed E-state index contributed by atoms with van der Waals surface area (Å²) in [5.41, 5.74) is 6.05. The number of nitrogens with one attached hydrogen (secondary N) is 1. The maximum absolute atomic E-state index is 8.92. The Morgan fingerprint density at radius 1 is 1.62 bits per heavy atom. The van der Waals surface area contributed by atoms with Gasteiger partial charge in [0.2, 0.25) is 0 Å². The summed E-state index contributed by atoms with van der Waals surface area (Å²) in [5.74, 6) is 0.507. The molecule has 1 aromatic rings. The largest absolute Gasteiger partial charge is 0.394 e. The second-order valence-corrected chi connectivity index (χ2v) is 4.00. The predicted octanol–water partition coefficient (Wildman–Crippen LogP) is 0.274. The Morgan fingerprint density at radius 2 is 2.44 bits per heavy atom. The summed E-state index contributed by atoms with van der Waals surface area (Å²) in [7, 11) is 0. The maximum Gasteiger partial charge on any atom is 0.157 e.